The standard InChI is InChI=1S/C12H15ClN4OS/c1-7(2)15-10(18)3-4-17-11-9(16-12(17)19)5-8(13)6-14-11/h5-7H,3-4H2,1-2H3,(H,15,18)(H,16,19). The Morgan fingerprint density at radius 2 is 2.37 bits per heavy atom. The molecule has 0 aromatic carbocycles. The zero-order valence-corrected chi connectivity index (χ0v) is 12.3. The molecule has 2 N–H and O–H groups in total. The van der Waals surface area contributed by atoms with Crippen molar-refractivity contribution in [3.05, 3.63) is 22.1 Å². The molecule has 5 nitrogen and oxygen atoms in total. The van der Waals surface area contributed by atoms with Crippen molar-refractivity contribution in [3.8, 4) is 0 Å². The number of hydrogen-bond donors (Lipinski definition) is 2. The summed E-state index contributed by atoms with van der Waals surface area (Å²) in [4.78, 5) is 18.9. The van der Waals surface area contributed by atoms with Crippen LogP contribution in [0.15, 0.2) is 12.3 Å². The van der Waals surface area contributed by atoms with Gasteiger partial charge in [0, 0.05) is 25.2 Å². The van der Waals surface area contributed by atoms with Crippen molar-refractivity contribution in [2.75, 3.05) is 0 Å². The lowest BCUT2D eigenvalue weighted by Gasteiger charge is -2.08. The van der Waals surface area contributed by atoms with Crippen molar-refractivity contribution in [2.24, 2.45) is 0 Å². The predicted molar refractivity (Wildman–Crippen MR) is 77.8 cm³/mol. The Kier molecular flexibility index (Phi) is 4.21. The molecule has 2 heterocycles. The number of imidazole rings is 1. The number of aromatic amines is 1. The number of aryl methyl sites for hydroxylation is 1. The highest BCUT2D eigenvalue weighted by Gasteiger charge is 2.09. The molecular weight excluding hydrogens is 284 g/mol. The Labute approximate surface area is 121 Å². The summed E-state index contributed by atoms with van der Waals surface area (Å²) >= 11 is 11.1. The van der Waals surface area contributed by atoms with Crippen LogP contribution in [-0.2, 0) is 11.3 Å². The first-order valence-corrected chi connectivity index (χ1v) is 6.79. The van der Waals surface area contributed by atoms with Crippen LogP contribution in [0.3, 0.4) is 0 Å². The number of halogens is 1. The Bertz CT molecular complexity index is 661. The highest BCUT2D eigenvalue weighted by atomic mass is 35.5. The number of pyridine rings is 1. The van der Waals surface area contributed by atoms with Crippen LogP contribution in [0, 0.1) is 4.77 Å². The van der Waals surface area contributed by atoms with Gasteiger partial charge in [0.2, 0.25) is 5.91 Å². The van der Waals surface area contributed by atoms with Gasteiger partial charge in [-0.15, -0.1) is 0 Å². The highest BCUT2D eigenvalue weighted by molar-refractivity contribution is 7.71. The average Bonchev–Trinajstić information content (AvgIpc) is 2.60. The van der Waals surface area contributed by atoms with Crippen LogP contribution in [0.1, 0.15) is 20.3 Å². The molecule has 0 aliphatic rings. The van der Waals surface area contributed by atoms with Crippen molar-refractivity contribution in [3.63, 3.8) is 0 Å². The van der Waals surface area contributed by atoms with Crippen LogP contribution < -0.4 is 5.32 Å². The quantitative estimate of drug-likeness (QED) is 0.853. The minimum Gasteiger partial charge on any atom is -0.354 e. The van der Waals surface area contributed by atoms with Gasteiger partial charge in [0.1, 0.15) is 0 Å². The van der Waals surface area contributed by atoms with E-state index in [1.807, 2.05) is 13.8 Å². The molecule has 2 aromatic heterocycles. The van der Waals surface area contributed by atoms with Crippen molar-refractivity contribution in [1.82, 2.24) is 19.9 Å². The first-order valence-electron chi connectivity index (χ1n) is 6.01. The van der Waals surface area contributed by atoms with Crippen molar-refractivity contribution in [2.45, 2.75) is 32.9 Å². The molecule has 0 saturated carbocycles. The summed E-state index contributed by atoms with van der Waals surface area (Å²) < 4.78 is 2.35. The molecule has 7 heteroatoms. The fraction of sp³-hybridized carbons (Fsp3) is 0.417. The van der Waals surface area contributed by atoms with Crippen molar-refractivity contribution >= 4 is 40.9 Å². The maximum Gasteiger partial charge on any atom is 0.221 e. The summed E-state index contributed by atoms with van der Waals surface area (Å²) in [7, 11) is 0. The number of nitrogens with one attached hydrogen (secondary N) is 2. The van der Waals surface area contributed by atoms with Gasteiger partial charge in [-0.05, 0) is 32.1 Å². The SMILES string of the molecule is CC(C)NC(=O)CCn1c(=S)[nH]c2cc(Cl)cnc21. The molecule has 0 fully saturated rings. The van der Waals surface area contributed by atoms with Gasteiger partial charge in [-0.3, -0.25) is 4.79 Å². The number of carbonyl (C=O) groups is 1. The molecule has 102 valence electrons. The molecule has 2 rings (SSSR count). The summed E-state index contributed by atoms with van der Waals surface area (Å²) in [6, 6.07) is 1.91. The zero-order valence-electron chi connectivity index (χ0n) is 10.7. The van der Waals surface area contributed by atoms with Crippen LogP contribution in [0.4, 0.5) is 0 Å². The Hall–Kier alpha value is -1.40. The number of fused-ring (bicyclic) bond motifs is 1. The predicted octanol–water partition coefficient (Wildman–Crippen LogP) is 2.66. The smallest absolute Gasteiger partial charge is 0.221 e. The summed E-state index contributed by atoms with van der Waals surface area (Å²) in [5.74, 6) is 0.000198. The molecule has 0 aliphatic carbocycles. The minimum atomic E-state index is 0.000198. The molecule has 2 aromatic rings. The molecule has 0 bridgehead atoms. The first kappa shape index (κ1) is 14.0. The molecule has 0 atom stereocenters. The molecule has 0 spiro atoms. The summed E-state index contributed by atoms with van der Waals surface area (Å²) in [6.07, 6.45) is 1.93. The monoisotopic (exact) mass is 298 g/mol. The number of carbonyl (C=O) groups excluding carboxylic acids is 1. The van der Waals surface area contributed by atoms with Gasteiger partial charge in [0.25, 0.3) is 0 Å². The van der Waals surface area contributed by atoms with Crippen LogP contribution in [0.25, 0.3) is 11.2 Å². The maximum atomic E-state index is 11.6. The van der Waals surface area contributed by atoms with Crippen LogP contribution >= 0.6 is 23.8 Å². The van der Waals surface area contributed by atoms with E-state index < -0.39 is 0 Å². The summed E-state index contributed by atoms with van der Waals surface area (Å²) in [5, 5.41) is 3.39. The summed E-state index contributed by atoms with van der Waals surface area (Å²) in [5.41, 5.74) is 1.49. The van der Waals surface area contributed by atoms with Gasteiger partial charge in [0.05, 0.1) is 10.5 Å². The third-order valence-electron chi connectivity index (χ3n) is 2.59. The molecule has 0 unspecified atom stereocenters. The fourth-order valence-corrected chi connectivity index (χ4v) is 2.28. The van der Waals surface area contributed by atoms with E-state index in [2.05, 4.69) is 15.3 Å². The molecular formula is C12H15ClN4OS. The van der Waals surface area contributed by atoms with E-state index in [1.165, 1.54) is 0 Å². The topological polar surface area (TPSA) is 62.7 Å². The van der Waals surface area contributed by atoms with E-state index >= 15 is 0 Å². The van der Waals surface area contributed by atoms with Crippen LogP contribution in [-0.4, -0.2) is 26.5 Å². The van der Waals surface area contributed by atoms with E-state index in [1.54, 1.807) is 16.8 Å². The summed E-state index contributed by atoms with van der Waals surface area (Å²) in [6.45, 7) is 4.35. The number of aromatic nitrogens is 3. The Morgan fingerprint density at radius 3 is 3.05 bits per heavy atom. The Balaban J connectivity index is 2.19. The molecule has 0 aliphatic heterocycles. The average molecular weight is 299 g/mol. The highest BCUT2D eigenvalue weighted by Crippen LogP contribution is 2.16. The van der Waals surface area contributed by atoms with E-state index in [0.717, 1.165) is 5.52 Å². The first-order chi connectivity index (χ1) is 8.97. The lowest BCUT2D eigenvalue weighted by atomic mass is 10.3. The van der Waals surface area contributed by atoms with E-state index in [-0.39, 0.29) is 11.9 Å². The van der Waals surface area contributed by atoms with E-state index in [9.17, 15) is 4.79 Å². The largest absolute Gasteiger partial charge is 0.354 e. The number of H-pyrrole nitrogens is 1. The van der Waals surface area contributed by atoms with Crippen LogP contribution in [0.2, 0.25) is 5.02 Å². The number of amides is 1. The molecule has 0 radical (unpaired) electrons. The van der Waals surface area contributed by atoms with Gasteiger partial charge in [0.15, 0.2) is 10.4 Å². The third kappa shape index (κ3) is 3.33. The zero-order chi connectivity index (χ0) is 14.0. The second-order valence-corrected chi connectivity index (χ2v) is 5.40. The maximum absolute atomic E-state index is 11.6. The fourth-order valence-electron chi connectivity index (χ4n) is 1.83. The number of hydrogen-bond acceptors (Lipinski definition) is 3. The van der Waals surface area contributed by atoms with Gasteiger partial charge in [-0.1, -0.05) is 11.6 Å². The lowest BCUT2D eigenvalue weighted by Crippen LogP contribution is -2.30. The second-order valence-electron chi connectivity index (χ2n) is 4.58. The molecule has 19 heavy (non-hydrogen) atoms. The third-order valence-corrected chi connectivity index (χ3v) is 3.12. The second kappa shape index (κ2) is 5.71. The van der Waals surface area contributed by atoms with Gasteiger partial charge in [-0.25, -0.2) is 4.98 Å². The number of rotatable bonds is 4. The lowest BCUT2D eigenvalue weighted by molar-refractivity contribution is -0.121. The van der Waals surface area contributed by atoms with Crippen molar-refractivity contribution < 1.29 is 4.79 Å². The van der Waals surface area contributed by atoms with E-state index in [0.29, 0.717) is 28.4 Å². The van der Waals surface area contributed by atoms with Gasteiger partial charge in [-0.2, -0.15) is 0 Å². The van der Waals surface area contributed by atoms with Crippen molar-refractivity contribution in [1.29, 1.82) is 0 Å². The Morgan fingerprint density at radius 1 is 1.63 bits per heavy atom. The minimum absolute atomic E-state index is 0.000198. The van der Waals surface area contributed by atoms with Gasteiger partial charge < -0.3 is 14.9 Å². The normalized spacial score (nSPS) is 11.2. The van der Waals surface area contributed by atoms with Crippen LogP contribution in [0.5, 0.6) is 0 Å². The number of nitrogens with zero attached hydrogens (tertiary/aromatic N) is 2. The molecule has 0 saturated heterocycles. The van der Waals surface area contributed by atoms with E-state index in [4.69, 9.17) is 23.8 Å². The van der Waals surface area contributed by atoms with Gasteiger partial charge >= 0.3 is 0 Å². The molecule has 1 amide bonds.